The van der Waals surface area contributed by atoms with Crippen LogP contribution in [-0.4, -0.2) is 41.9 Å². The van der Waals surface area contributed by atoms with Gasteiger partial charge in [0.25, 0.3) is 5.91 Å². The third-order valence-electron chi connectivity index (χ3n) is 4.80. The number of carbonyl (C=O) groups is 2. The smallest absolute Gasteiger partial charge is 0.266 e. The van der Waals surface area contributed by atoms with E-state index >= 15 is 0 Å². The van der Waals surface area contributed by atoms with Gasteiger partial charge in [-0.05, 0) is 56.2 Å². The second-order valence-corrected chi connectivity index (χ2v) is 8.11. The van der Waals surface area contributed by atoms with Gasteiger partial charge >= 0.3 is 0 Å². The van der Waals surface area contributed by atoms with E-state index in [9.17, 15) is 9.59 Å². The van der Waals surface area contributed by atoms with Crippen LogP contribution in [0.25, 0.3) is 10.6 Å². The lowest BCUT2D eigenvalue weighted by Gasteiger charge is -2.17. The first-order valence-electron chi connectivity index (χ1n) is 10.3. The molecule has 3 aromatic rings. The monoisotopic (exact) mass is 437 g/mol. The van der Waals surface area contributed by atoms with Gasteiger partial charge in [0.15, 0.2) is 0 Å². The van der Waals surface area contributed by atoms with E-state index in [-0.39, 0.29) is 18.4 Å². The Morgan fingerprint density at radius 3 is 2.48 bits per heavy atom. The average Bonchev–Trinajstić information content (AvgIpc) is 3.15. The summed E-state index contributed by atoms with van der Waals surface area (Å²) in [5.74, 6) is 0.350. The van der Waals surface area contributed by atoms with Crippen molar-refractivity contribution < 1.29 is 14.3 Å². The van der Waals surface area contributed by atoms with E-state index in [0.29, 0.717) is 17.2 Å². The van der Waals surface area contributed by atoms with Crippen molar-refractivity contribution in [2.45, 2.75) is 27.2 Å². The van der Waals surface area contributed by atoms with E-state index < -0.39 is 0 Å². The van der Waals surface area contributed by atoms with Gasteiger partial charge in [0.05, 0.1) is 18.8 Å². The van der Waals surface area contributed by atoms with Crippen LogP contribution in [0.2, 0.25) is 0 Å². The number of benzene rings is 2. The molecule has 0 aliphatic rings. The van der Waals surface area contributed by atoms with Gasteiger partial charge in [-0.3, -0.25) is 9.59 Å². The molecule has 0 bridgehead atoms. The van der Waals surface area contributed by atoms with Crippen molar-refractivity contribution in [1.82, 2.24) is 9.88 Å². The number of hydrogen-bond donors (Lipinski definition) is 1. The number of amides is 2. The zero-order chi connectivity index (χ0) is 22.4. The van der Waals surface area contributed by atoms with Gasteiger partial charge in [-0.2, -0.15) is 0 Å². The maximum atomic E-state index is 13.0. The number of nitrogens with one attached hydrogen (secondary N) is 1. The van der Waals surface area contributed by atoms with E-state index in [1.165, 1.54) is 16.2 Å². The Hall–Kier alpha value is -3.19. The quantitative estimate of drug-likeness (QED) is 0.550. The fourth-order valence-electron chi connectivity index (χ4n) is 3.18. The first kappa shape index (κ1) is 22.5. The number of hydrogen-bond acceptors (Lipinski definition) is 5. The predicted molar refractivity (Wildman–Crippen MR) is 125 cm³/mol. The van der Waals surface area contributed by atoms with Gasteiger partial charge in [0.2, 0.25) is 5.91 Å². The molecule has 31 heavy (non-hydrogen) atoms. The van der Waals surface area contributed by atoms with E-state index in [4.69, 9.17) is 4.74 Å². The first-order chi connectivity index (χ1) is 14.9. The van der Waals surface area contributed by atoms with Crippen LogP contribution in [0.5, 0.6) is 5.75 Å². The Labute approximate surface area is 186 Å². The van der Waals surface area contributed by atoms with Crippen LogP contribution in [0.1, 0.15) is 34.8 Å². The zero-order valence-electron chi connectivity index (χ0n) is 18.3. The van der Waals surface area contributed by atoms with Crippen LogP contribution >= 0.6 is 11.3 Å². The number of aromatic nitrogens is 1. The summed E-state index contributed by atoms with van der Waals surface area (Å²) in [5, 5.41) is 3.67. The maximum Gasteiger partial charge on any atom is 0.266 e. The molecule has 0 fully saturated rings. The molecule has 6 nitrogen and oxygen atoms in total. The summed E-state index contributed by atoms with van der Waals surface area (Å²) in [6, 6.07) is 15.3. The lowest BCUT2D eigenvalue weighted by molar-refractivity contribution is -0.116. The van der Waals surface area contributed by atoms with Gasteiger partial charge in [-0.25, -0.2) is 4.98 Å². The highest BCUT2D eigenvalue weighted by atomic mass is 32.1. The second kappa shape index (κ2) is 10.2. The summed E-state index contributed by atoms with van der Waals surface area (Å²) >= 11 is 1.33. The minimum atomic E-state index is -0.231. The minimum Gasteiger partial charge on any atom is -0.494 e. The van der Waals surface area contributed by atoms with Crippen molar-refractivity contribution in [3.63, 3.8) is 0 Å². The normalized spacial score (nSPS) is 10.6. The number of ether oxygens (including phenoxy) is 1. The fraction of sp³-hybridized carbons (Fsp3) is 0.292. The first-order valence-corrected chi connectivity index (χ1v) is 11.1. The van der Waals surface area contributed by atoms with Crippen molar-refractivity contribution in [3.8, 4) is 16.3 Å². The largest absolute Gasteiger partial charge is 0.494 e. The molecule has 1 heterocycles. The Kier molecular flexibility index (Phi) is 7.41. The predicted octanol–water partition coefficient (Wildman–Crippen LogP) is 4.79. The lowest BCUT2D eigenvalue weighted by atomic mass is 10.1. The highest BCUT2D eigenvalue weighted by Gasteiger charge is 2.21. The van der Waals surface area contributed by atoms with Crippen LogP contribution in [0.3, 0.4) is 0 Å². The third-order valence-corrected chi connectivity index (χ3v) is 6.00. The number of nitrogens with zero attached hydrogens (tertiary/aromatic N) is 2. The molecule has 1 N–H and O–H groups in total. The molecule has 0 aliphatic heterocycles. The SMILES string of the molecule is CCOc1ccc(-c2nc(C)c(C(=O)N(C)CC(=O)Nc3ccccc3CC)s2)cc1. The molecule has 3 rings (SSSR count). The number of carbonyl (C=O) groups excluding carboxylic acids is 2. The highest BCUT2D eigenvalue weighted by Crippen LogP contribution is 2.30. The molecule has 0 unspecified atom stereocenters. The molecule has 0 saturated heterocycles. The van der Waals surface area contributed by atoms with Gasteiger partial charge < -0.3 is 15.0 Å². The van der Waals surface area contributed by atoms with Crippen molar-refractivity contribution in [2.24, 2.45) is 0 Å². The van der Waals surface area contributed by atoms with Gasteiger partial charge in [-0.1, -0.05) is 25.1 Å². The molecule has 2 aromatic carbocycles. The van der Waals surface area contributed by atoms with Crippen LogP contribution < -0.4 is 10.1 Å². The van der Waals surface area contributed by atoms with Gasteiger partial charge in [0, 0.05) is 18.3 Å². The van der Waals surface area contributed by atoms with Crippen molar-refractivity contribution in [2.75, 3.05) is 25.5 Å². The van der Waals surface area contributed by atoms with Crippen LogP contribution in [-0.2, 0) is 11.2 Å². The van der Waals surface area contributed by atoms with Crippen LogP contribution in [0.4, 0.5) is 5.69 Å². The number of thiazole rings is 1. The number of aryl methyl sites for hydroxylation is 2. The summed E-state index contributed by atoms with van der Waals surface area (Å²) < 4.78 is 5.47. The standard InChI is InChI=1S/C24H27N3O3S/c1-5-17-9-7-8-10-20(17)26-21(28)15-27(4)24(29)22-16(3)25-23(31-22)18-11-13-19(14-12-18)30-6-2/h7-14H,5-6,15H2,1-4H3,(H,26,28). The lowest BCUT2D eigenvalue weighted by Crippen LogP contribution is -2.35. The molecule has 2 amide bonds. The Morgan fingerprint density at radius 1 is 1.10 bits per heavy atom. The molecule has 0 saturated carbocycles. The topological polar surface area (TPSA) is 71.5 Å². The summed E-state index contributed by atoms with van der Waals surface area (Å²) in [6.07, 6.45) is 0.819. The Balaban J connectivity index is 1.68. The van der Waals surface area contributed by atoms with Gasteiger partial charge in [-0.15, -0.1) is 11.3 Å². The Morgan fingerprint density at radius 2 is 1.81 bits per heavy atom. The van der Waals surface area contributed by atoms with Crippen molar-refractivity contribution >= 4 is 28.8 Å². The van der Waals surface area contributed by atoms with Crippen molar-refractivity contribution in [1.29, 1.82) is 0 Å². The average molecular weight is 438 g/mol. The molecule has 7 heteroatoms. The van der Waals surface area contributed by atoms with E-state index in [0.717, 1.165) is 34.0 Å². The molecular formula is C24H27N3O3S. The molecule has 0 radical (unpaired) electrons. The molecule has 0 spiro atoms. The molecule has 0 aliphatic carbocycles. The number of likely N-dealkylation sites (N-methyl/N-ethyl adjacent to an activating group) is 1. The van der Waals surface area contributed by atoms with Crippen LogP contribution in [0, 0.1) is 6.92 Å². The summed E-state index contributed by atoms with van der Waals surface area (Å²) in [6.45, 7) is 6.36. The zero-order valence-corrected chi connectivity index (χ0v) is 19.1. The summed E-state index contributed by atoms with van der Waals surface area (Å²) in [4.78, 5) is 32.0. The maximum absolute atomic E-state index is 13.0. The van der Waals surface area contributed by atoms with Gasteiger partial charge in [0.1, 0.15) is 15.6 Å². The number of rotatable bonds is 8. The van der Waals surface area contributed by atoms with E-state index in [2.05, 4.69) is 10.3 Å². The summed E-state index contributed by atoms with van der Waals surface area (Å²) in [5.41, 5.74) is 3.42. The van der Waals surface area contributed by atoms with Crippen LogP contribution in [0.15, 0.2) is 48.5 Å². The molecule has 162 valence electrons. The third kappa shape index (κ3) is 5.49. The second-order valence-electron chi connectivity index (χ2n) is 7.11. The number of anilines is 1. The van der Waals surface area contributed by atoms with E-state index in [1.54, 1.807) is 7.05 Å². The molecule has 1 aromatic heterocycles. The van der Waals surface area contributed by atoms with E-state index in [1.807, 2.05) is 69.3 Å². The number of para-hydroxylation sites is 1. The summed E-state index contributed by atoms with van der Waals surface area (Å²) in [7, 11) is 1.63. The minimum absolute atomic E-state index is 0.0351. The molecular weight excluding hydrogens is 410 g/mol. The Bertz CT molecular complexity index is 1060. The fourth-order valence-corrected chi connectivity index (χ4v) is 4.25. The highest BCUT2D eigenvalue weighted by molar-refractivity contribution is 7.17. The van der Waals surface area contributed by atoms with Crippen molar-refractivity contribution in [3.05, 3.63) is 64.7 Å². The molecule has 0 atom stereocenters.